The van der Waals surface area contributed by atoms with Gasteiger partial charge in [0.1, 0.15) is 18.1 Å². The molecule has 55 heavy (non-hydrogen) atoms. The number of amides is 5. The van der Waals surface area contributed by atoms with Gasteiger partial charge in [-0.25, -0.2) is 0 Å². The van der Waals surface area contributed by atoms with E-state index >= 15 is 0 Å². The zero-order valence-electron chi connectivity index (χ0n) is 33.2. The first-order valence-corrected chi connectivity index (χ1v) is 20.3. The largest absolute Gasteiger partial charge is 0.350 e. The quantitative estimate of drug-likeness (QED) is 0.140. The molecule has 2 heterocycles. The summed E-state index contributed by atoms with van der Waals surface area (Å²) in [5.74, 6) is -1.40. The van der Waals surface area contributed by atoms with Crippen molar-refractivity contribution in [2.75, 3.05) is 20.1 Å². The summed E-state index contributed by atoms with van der Waals surface area (Å²) < 4.78 is 0. The van der Waals surface area contributed by atoms with Crippen LogP contribution < -0.4 is 21.3 Å². The number of carbonyl (C=O) groups is 6. The van der Waals surface area contributed by atoms with Crippen LogP contribution in [0.1, 0.15) is 103 Å². The Kier molecular flexibility index (Phi) is 17.3. The molecule has 12 heteroatoms. The fraction of sp³-hybridized carbons (Fsp3) is 0.581. The molecule has 2 aliphatic heterocycles. The van der Waals surface area contributed by atoms with E-state index in [2.05, 4.69) is 21.3 Å². The van der Waals surface area contributed by atoms with Crippen molar-refractivity contribution in [1.82, 2.24) is 31.1 Å². The molecule has 5 atom stereocenters. The Labute approximate surface area is 326 Å². The van der Waals surface area contributed by atoms with Crippen LogP contribution >= 0.6 is 0 Å². The first kappa shape index (κ1) is 43.2. The van der Waals surface area contributed by atoms with Gasteiger partial charge >= 0.3 is 0 Å². The first-order valence-electron chi connectivity index (χ1n) is 20.3. The average Bonchev–Trinajstić information content (AvgIpc) is 3.90. The number of likely N-dealkylation sites (tertiary alicyclic amines) is 2. The summed E-state index contributed by atoms with van der Waals surface area (Å²) >= 11 is 0. The number of hydrogen-bond donors (Lipinski definition) is 4. The fourth-order valence-electron chi connectivity index (χ4n) is 7.38. The van der Waals surface area contributed by atoms with Crippen LogP contribution in [0.2, 0.25) is 0 Å². The number of aryl methyl sites for hydroxylation is 1. The van der Waals surface area contributed by atoms with Crippen LogP contribution in [0.25, 0.3) is 0 Å². The van der Waals surface area contributed by atoms with Gasteiger partial charge in [-0.15, -0.1) is 0 Å². The minimum atomic E-state index is -0.759. The van der Waals surface area contributed by atoms with Crippen molar-refractivity contribution in [3.63, 3.8) is 0 Å². The van der Waals surface area contributed by atoms with E-state index in [9.17, 15) is 28.8 Å². The van der Waals surface area contributed by atoms with E-state index in [4.69, 9.17) is 0 Å². The molecule has 0 aromatic heterocycles. The molecule has 4 rings (SSSR count). The third-order valence-electron chi connectivity index (χ3n) is 10.9. The lowest BCUT2D eigenvalue weighted by Gasteiger charge is -2.29. The molecule has 2 fully saturated rings. The number of nitrogens with zero attached hydrogens (tertiary/aromatic N) is 2. The minimum Gasteiger partial charge on any atom is -0.350 e. The highest BCUT2D eigenvalue weighted by molar-refractivity contribution is 5.94. The molecule has 0 spiro atoms. The van der Waals surface area contributed by atoms with E-state index in [-0.39, 0.29) is 41.2 Å². The van der Waals surface area contributed by atoms with E-state index < -0.39 is 30.2 Å². The molecule has 2 aromatic rings. The Morgan fingerprint density at radius 1 is 0.673 bits per heavy atom. The maximum absolute atomic E-state index is 14.0. The lowest BCUT2D eigenvalue weighted by atomic mass is 10.00. The Morgan fingerprint density at radius 3 is 1.73 bits per heavy atom. The maximum Gasteiger partial charge on any atom is 0.245 e. The highest BCUT2D eigenvalue weighted by Crippen LogP contribution is 2.24. The number of Topliss-reactive ketones (excluding diaryl/α,β-unsaturated/α-hetero) is 1. The number of nitrogens with one attached hydrogen (secondary N) is 4. The smallest absolute Gasteiger partial charge is 0.245 e. The predicted molar refractivity (Wildman–Crippen MR) is 212 cm³/mol. The molecule has 12 nitrogen and oxygen atoms in total. The van der Waals surface area contributed by atoms with Gasteiger partial charge in [-0.05, 0) is 70.0 Å². The van der Waals surface area contributed by atoms with E-state index in [1.807, 2.05) is 60.7 Å². The number of ketones is 1. The zero-order chi connectivity index (χ0) is 39.7. The molecule has 300 valence electrons. The Morgan fingerprint density at radius 2 is 1.18 bits per heavy atom. The van der Waals surface area contributed by atoms with Crippen molar-refractivity contribution in [2.24, 2.45) is 5.92 Å². The predicted octanol–water partition coefficient (Wildman–Crippen LogP) is 4.06. The van der Waals surface area contributed by atoms with E-state index in [0.717, 1.165) is 30.4 Å². The Balaban J connectivity index is 1.32. The van der Waals surface area contributed by atoms with Gasteiger partial charge in [0.15, 0.2) is 5.78 Å². The van der Waals surface area contributed by atoms with Crippen LogP contribution in [0.4, 0.5) is 0 Å². The van der Waals surface area contributed by atoms with Gasteiger partial charge in [0, 0.05) is 32.0 Å². The molecule has 0 unspecified atom stereocenters. The molecule has 0 radical (unpaired) electrons. The molecule has 0 bridgehead atoms. The van der Waals surface area contributed by atoms with Gasteiger partial charge in [0.2, 0.25) is 29.5 Å². The molecule has 2 aromatic carbocycles. The minimum absolute atomic E-state index is 0.0464. The van der Waals surface area contributed by atoms with Gasteiger partial charge < -0.3 is 31.1 Å². The van der Waals surface area contributed by atoms with Crippen molar-refractivity contribution in [3.8, 4) is 0 Å². The van der Waals surface area contributed by atoms with Crippen molar-refractivity contribution in [3.05, 3.63) is 71.8 Å². The van der Waals surface area contributed by atoms with Gasteiger partial charge in [-0.3, -0.25) is 28.8 Å². The summed E-state index contributed by atoms with van der Waals surface area (Å²) in [5, 5.41) is 11.8. The van der Waals surface area contributed by atoms with Crippen LogP contribution in [0.5, 0.6) is 0 Å². The Bertz CT molecular complexity index is 1570. The zero-order valence-corrected chi connectivity index (χ0v) is 33.2. The SMILES string of the molecule is CN[C@@H](C)C(=O)N[C@@H](CCCCCC[C@H](NC(=O)C(C)C)C(=O)N1CCC[C@H]1C(=O)NCc1ccccc1)C(=O)N1CCC[C@H]1C(=O)CCc1ccccc1. The van der Waals surface area contributed by atoms with Crippen molar-refractivity contribution >= 4 is 35.3 Å². The highest BCUT2D eigenvalue weighted by atomic mass is 16.2. The van der Waals surface area contributed by atoms with Gasteiger partial charge in [-0.1, -0.05) is 100 Å². The number of unbranched alkanes of at least 4 members (excludes halogenated alkanes) is 3. The lowest BCUT2D eigenvalue weighted by molar-refractivity contribution is -0.142. The second-order valence-electron chi connectivity index (χ2n) is 15.3. The topological polar surface area (TPSA) is 157 Å². The van der Waals surface area contributed by atoms with Crippen LogP contribution in [-0.2, 0) is 41.7 Å². The molecule has 0 aliphatic carbocycles. The molecule has 0 saturated carbocycles. The molecule has 2 aliphatic rings. The van der Waals surface area contributed by atoms with Gasteiger partial charge in [0.25, 0.3) is 0 Å². The normalized spacial score (nSPS) is 18.4. The average molecular weight is 759 g/mol. The number of likely N-dealkylation sites (N-methyl/N-ethyl adjacent to an activating group) is 1. The Hall–Kier alpha value is -4.58. The van der Waals surface area contributed by atoms with Crippen molar-refractivity contribution in [2.45, 2.75) is 135 Å². The molecule has 2 saturated heterocycles. The van der Waals surface area contributed by atoms with Crippen LogP contribution in [0.15, 0.2) is 60.7 Å². The number of rotatable bonds is 21. The molecular weight excluding hydrogens is 697 g/mol. The van der Waals surface area contributed by atoms with Crippen LogP contribution in [0, 0.1) is 5.92 Å². The lowest BCUT2D eigenvalue weighted by Crippen LogP contribution is -2.54. The van der Waals surface area contributed by atoms with Crippen LogP contribution in [0.3, 0.4) is 0 Å². The van der Waals surface area contributed by atoms with E-state index in [1.165, 1.54) is 0 Å². The third-order valence-corrected chi connectivity index (χ3v) is 10.9. The molecule has 4 N–H and O–H groups in total. The number of benzene rings is 2. The summed E-state index contributed by atoms with van der Waals surface area (Å²) in [6, 6.07) is 16.4. The van der Waals surface area contributed by atoms with E-state index in [1.54, 1.807) is 37.6 Å². The number of hydrogen-bond acceptors (Lipinski definition) is 7. The second-order valence-corrected chi connectivity index (χ2v) is 15.3. The molecule has 5 amide bonds. The fourth-order valence-corrected chi connectivity index (χ4v) is 7.38. The van der Waals surface area contributed by atoms with E-state index in [0.29, 0.717) is 77.4 Å². The first-order chi connectivity index (χ1) is 26.5. The van der Waals surface area contributed by atoms with Gasteiger partial charge in [0.05, 0.1) is 12.1 Å². The van der Waals surface area contributed by atoms with Crippen molar-refractivity contribution < 1.29 is 28.8 Å². The summed E-state index contributed by atoms with van der Waals surface area (Å²) in [7, 11) is 1.69. The highest BCUT2D eigenvalue weighted by Gasteiger charge is 2.39. The second kappa shape index (κ2) is 22.1. The summed E-state index contributed by atoms with van der Waals surface area (Å²) in [6.45, 7) is 6.62. The maximum atomic E-state index is 14.0. The third kappa shape index (κ3) is 13.0. The molecular formula is C43H62N6O6. The monoisotopic (exact) mass is 758 g/mol. The van der Waals surface area contributed by atoms with Crippen LogP contribution in [-0.4, -0.2) is 95.5 Å². The van der Waals surface area contributed by atoms with Crippen molar-refractivity contribution in [1.29, 1.82) is 0 Å². The summed E-state index contributed by atoms with van der Waals surface area (Å²) in [5.41, 5.74) is 2.06. The van der Waals surface area contributed by atoms with Gasteiger partial charge in [-0.2, -0.15) is 0 Å². The standard InChI is InChI=1S/C43H62N6O6/c1-30(2)39(51)46-34(43(55)49-28-16-24-37(49)41(53)45-29-33-19-11-8-12-20-33)21-13-5-6-14-22-35(47-40(52)31(3)44-4)42(54)48-27-15-23-36(48)38(50)26-25-32-17-9-7-10-18-32/h7-12,17-20,30-31,34-37,44H,5-6,13-16,21-29H2,1-4H3,(H,45,53)(H,46,51)(H,47,52)/t31-,34-,35-,36-,37-/m0/s1. The number of carbonyl (C=O) groups excluding carboxylic acids is 6. The summed E-state index contributed by atoms with van der Waals surface area (Å²) in [6.07, 6.45) is 7.25. The summed E-state index contributed by atoms with van der Waals surface area (Å²) in [4.78, 5) is 83.4.